The second-order valence-electron chi connectivity index (χ2n) is 3.08. The molecule has 1 aromatic rings. The molecule has 3 nitrogen and oxygen atoms in total. The summed E-state index contributed by atoms with van der Waals surface area (Å²) in [7, 11) is 0. The summed E-state index contributed by atoms with van der Waals surface area (Å²) in [6.07, 6.45) is -9.01. The third kappa shape index (κ3) is 2.81. The van der Waals surface area contributed by atoms with Crippen molar-refractivity contribution in [1.29, 1.82) is 5.26 Å². The third-order valence-corrected chi connectivity index (χ3v) is 1.93. The van der Waals surface area contributed by atoms with Gasteiger partial charge >= 0.3 is 6.18 Å². The van der Waals surface area contributed by atoms with Crippen molar-refractivity contribution < 1.29 is 22.0 Å². The summed E-state index contributed by atoms with van der Waals surface area (Å²) in [4.78, 5) is 12.6. The largest absolute Gasteiger partial charge is 0.431 e. The molecule has 0 aliphatic rings. The van der Waals surface area contributed by atoms with Gasteiger partial charge in [0, 0.05) is 11.6 Å². The predicted molar refractivity (Wildman–Crippen MR) is 46.3 cm³/mol. The van der Waals surface area contributed by atoms with Gasteiger partial charge in [-0.2, -0.15) is 18.4 Å². The van der Waals surface area contributed by atoms with E-state index < -0.39 is 41.4 Å². The molecule has 0 bridgehead atoms. The lowest BCUT2D eigenvalue weighted by Gasteiger charge is -2.12. The van der Waals surface area contributed by atoms with Crippen molar-refractivity contribution in [3.05, 3.63) is 33.2 Å². The van der Waals surface area contributed by atoms with Crippen LogP contribution in [0.15, 0.2) is 10.9 Å². The van der Waals surface area contributed by atoms with E-state index in [1.54, 1.807) is 0 Å². The fourth-order valence-corrected chi connectivity index (χ4v) is 1.22. The first-order valence-electron chi connectivity index (χ1n) is 4.25. The molecule has 0 atom stereocenters. The summed E-state index contributed by atoms with van der Waals surface area (Å²) in [5.41, 5.74) is -4.80. The van der Waals surface area contributed by atoms with Crippen molar-refractivity contribution in [2.24, 2.45) is 0 Å². The van der Waals surface area contributed by atoms with Crippen LogP contribution in [0.2, 0.25) is 0 Å². The lowest BCUT2D eigenvalue weighted by atomic mass is 10.1. The Morgan fingerprint density at radius 3 is 2.41 bits per heavy atom. The summed E-state index contributed by atoms with van der Waals surface area (Å²) >= 11 is 0. The van der Waals surface area contributed by atoms with Crippen LogP contribution in [0.4, 0.5) is 22.0 Å². The van der Waals surface area contributed by atoms with E-state index in [-0.39, 0.29) is 0 Å². The number of aromatic nitrogens is 1. The Bertz CT molecular complexity index is 512. The molecule has 0 aliphatic heterocycles. The normalized spacial score (nSPS) is 11.6. The van der Waals surface area contributed by atoms with Crippen LogP contribution < -0.4 is 5.43 Å². The van der Waals surface area contributed by atoms with E-state index in [0.717, 1.165) is 0 Å². The first-order chi connectivity index (χ1) is 7.77. The number of nitrogens with zero attached hydrogens (tertiary/aromatic N) is 1. The summed E-state index contributed by atoms with van der Waals surface area (Å²) in [6.45, 7) is 0. The van der Waals surface area contributed by atoms with Gasteiger partial charge in [-0.25, -0.2) is 8.78 Å². The number of hydrogen-bond donors (Lipinski definition) is 1. The van der Waals surface area contributed by atoms with Gasteiger partial charge in [-0.05, 0) is 0 Å². The van der Waals surface area contributed by atoms with Crippen LogP contribution in [0.1, 0.15) is 23.4 Å². The molecule has 0 saturated carbocycles. The van der Waals surface area contributed by atoms with Crippen LogP contribution in [0, 0.1) is 11.3 Å². The molecule has 8 heteroatoms. The van der Waals surface area contributed by atoms with Crippen LogP contribution in [0.3, 0.4) is 0 Å². The average Bonchev–Trinajstić information content (AvgIpc) is 2.18. The molecule has 1 aromatic heterocycles. The topological polar surface area (TPSA) is 56.6 Å². The van der Waals surface area contributed by atoms with E-state index in [1.165, 1.54) is 11.1 Å². The van der Waals surface area contributed by atoms with Gasteiger partial charge in [-0.3, -0.25) is 4.79 Å². The molecule has 1 rings (SSSR count). The monoisotopic (exact) mass is 252 g/mol. The van der Waals surface area contributed by atoms with Crippen molar-refractivity contribution in [2.45, 2.75) is 19.0 Å². The van der Waals surface area contributed by atoms with Gasteiger partial charge in [0.2, 0.25) is 0 Å². The minimum Gasteiger partial charge on any atom is -0.350 e. The number of alkyl halides is 5. The molecule has 0 fully saturated rings. The molecule has 0 amide bonds. The highest BCUT2D eigenvalue weighted by molar-refractivity contribution is 5.28. The number of hydrogen-bond acceptors (Lipinski definition) is 2. The first kappa shape index (κ1) is 13.2. The highest BCUT2D eigenvalue weighted by Gasteiger charge is 2.36. The minimum atomic E-state index is -4.99. The van der Waals surface area contributed by atoms with Crippen LogP contribution in [-0.4, -0.2) is 4.98 Å². The Hall–Kier alpha value is -1.91. The molecular weight excluding hydrogens is 247 g/mol. The van der Waals surface area contributed by atoms with E-state index in [4.69, 9.17) is 5.26 Å². The zero-order valence-corrected chi connectivity index (χ0v) is 8.11. The summed E-state index contributed by atoms with van der Waals surface area (Å²) in [5.74, 6) is 0. The second kappa shape index (κ2) is 4.53. The number of rotatable bonds is 2. The van der Waals surface area contributed by atoms with Crippen LogP contribution in [0.5, 0.6) is 0 Å². The SMILES string of the molecule is N#CCc1c(C(F)(F)F)[nH]c(C(F)F)cc1=O. The lowest BCUT2D eigenvalue weighted by molar-refractivity contribution is -0.142. The van der Waals surface area contributed by atoms with Gasteiger partial charge in [0.15, 0.2) is 5.43 Å². The maximum absolute atomic E-state index is 12.5. The van der Waals surface area contributed by atoms with Gasteiger partial charge in [0.25, 0.3) is 6.43 Å². The summed E-state index contributed by atoms with van der Waals surface area (Å²) in [6, 6.07) is 1.75. The Morgan fingerprint density at radius 2 is 2.00 bits per heavy atom. The molecule has 1 heterocycles. The first-order valence-corrected chi connectivity index (χ1v) is 4.25. The van der Waals surface area contributed by atoms with Crippen LogP contribution in [-0.2, 0) is 12.6 Å². The third-order valence-electron chi connectivity index (χ3n) is 1.93. The smallest absolute Gasteiger partial charge is 0.350 e. The fourth-order valence-electron chi connectivity index (χ4n) is 1.22. The van der Waals surface area contributed by atoms with Crippen molar-refractivity contribution in [2.75, 3.05) is 0 Å². The van der Waals surface area contributed by atoms with Crippen molar-refractivity contribution in [3.8, 4) is 6.07 Å². The molecule has 92 valence electrons. The molecule has 0 radical (unpaired) electrons. The minimum absolute atomic E-state index is 0.368. The van der Waals surface area contributed by atoms with E-state index in [2.05, 4.69) is 0 Å². The average molecular weight is 252 g/mol. The highest BCUT2D eigenvalue weighted by Crippen LogP contribution is 2.30. The number of H-pyrrole nitrogens is 1. The number of halogens is 5. The molecule has 0 aliphatic carbocycles. The van der Waals surface area contributed by atoms with Gasteiger partial charge in [0.05, 0.1) is 18.2 Å². The van der Waals surface area contributed by atoms with Crippen LogP contribution in [0.25, 0.3) is 0 Å². The zero-order chi connectivity index (χ0) is 13.2. The maximum atomic E-state index is 12.5. The summed E-state index contributed by atoms with van der Waals surface area (Å²) < 4.78 is 61.9. The Labute approximate surface area is 91.5 Å². The van der Waals surface area contributed by atoms with E-state index >= 15 is 0 Å². The second-order valence-corrected chi connectivity index (χ2v) is 3.08. The van der Waals surface area contributed by atoms with Gasteiger partial charge < -0.3 is 4.98 Å². The number of pyridine rings is 1. The Balaban J connectivity index is 3.52. The Morgan fingerprint density at radius 1 is 1.41 bits per heavy atom. The highest BCUT2D eigenvalue weighted by atomic mass is 19.4. The number of aromatic amines is 1. The van der Waals surface area contributed by atoms with Gasteiger partial charge in [-0.15, -0.1) is 0 Å². The molecule has 0 spiro atoms. The maximum Gasteiger partial charge on any atom is 0.431 e. The standard InChI is InChI=1S/C9H5F5N2O/c10-8(11)5-3-6(17)4(1-2-15)7(16-5)9(12,13)14/h3,8H,1H2,(H,16,17). The van der Waals surface area contributed by atoms with Crippen LogP contribution >= 0.6 is 0 Å². The molecular formula is C9H5F5N2O. The fraction of sp³-hybridized carbons (Fsp3) is 0.333. The predicted octanol–water partition coefficient (Wildman–Crippen LogP) is 2.40. The van der Waals surface area contributed by atoms with Crippen molar-refractivity contribution in [1.82, 2.24) is 4.98 Å². The Kier molecular flexibility index (Phi) is 3.50. The molecule has 0 saturated heterocycles. The van der Waals surface area contributed by atoms with E-state index in [1.807, 2.05) is 0 Å². The lowest BCUT2D eigenvalue weighted by Crippen LogP contribution is -2.21. The molecule has 0 unspecified atom stereocenters. The zero-order valence-electron chi connectivity index (χ0n) is 8.11. The van der Waals surface area contributed by atoms with E-state index in [0.29, 0.717) is 6.07 Å². The van der Waals surface area contributed by atoms with Crippen molar-refractivity contribution >= 4 is 0 Å². The quantitative estimate of drug-likeness (QED) is 0.821. The molecule has 17 heavy (non-hydrogen) atoms. The number of nitriles is 1. The number of nitrogens with one attached hydrogen (secondary N) is 1. The van der Waals surface area contributed by atoms with Gasteiger partial charge in [-0.1, -0.05) is 0 Å². The summed E-state index contributed by atoms with van der Waals surface area (Å²) in [5, 5.41) is 8.29. The molecule has 0 aromatic carbocycles. The van der Waals surface area contributed by atoms with Crippen molar-refractivity contribution in [3.63, 3.8) is 0 Å². The van der Waals surface area contributed by atoms with Gasteiger partial charge in [0.1, 0.15) is 5.69 Å². The molecule has 1 N–H and O–H groups in total. The van der Waals surface area contributed by atoms with E-state index in [9.17, 15) is 26.7 Å².